The number of hydrogen-bond acceptors (Lipinski definition) is 5. The lowest BCUT2D eigenvalue weighted by atomic mass is 10.1. The molecule has 144 valence electrons. The Morgan fingerprint density at radius 3 is 2.21 bits per heavy atom. The maximum Gasteiger partial charge on any atom is 0.335 e. The van der Waals surface area contributed by atoms with Crippen LogP contribution >= 0.6 is 11.6 Å². The molecule has 10 heteroatoms. The van der Waals surface area contributed by atoms with E-state index in [0.717, 1.165) is 29.2 Å². The van der Waals surface area contributed by atoms with E-state index in [1.165, 1.54) is 12.1 Å². The molecule has 1 heterocycles. The van der Waals surface area contributed by atoms with Gasteiger partial charge in [0.1, 0.15) is 11.9 Å². The first-order valence-corrected chi connectivity index (χ1v) is 8.25. The average Bonchev–Trinajstić information content (AvgIpc) is 2.91. The molecular weight excluding hydrogens is 395 g/mol. The Balaban J connectivity index is 1.92. The highest BCUT2D eigenvalue weighted by Gasteiger charge is 2.40. The number of carboxylic acids is 2. The second-order valence-electron chi connectivity index (χ2n) is 5.98. The van der Waals surface area contributed by atoms with E-state index in [4.69, 9.17) is 21.8 Å². The van der Waals surface area contributed by atoms with Gasteiger partial charge in [-0.15, -0.1) is 0 Å². The van der Waals surface area contributed by atoms with Gasteiger partial charge in [0.05, 0.1) is 28.3 Å². The molecule has 1 fully saturated rings. The van der Waals surface area contributed by atoms with Gasteiger partial charge < -0.3 is 15.5 Å². The lowest BCUT2D eigenvalue weighted by Crippen LogP contribution is -2.35. The van der Waals surface area contributed by atoms with Crippen molar-refractivity contribution in [2.24, 2.45) is 0 Å². The molecule has 1 atom stereocenters. The number of benzene rings is 2. The fraction of sp³-hybridized carbons (Fsp3) is 0.111. The predicted octanol–water partition coefficient (Wildman–Crippen LogP) is 2.62. The van der Waals surface area contributed by atoms with Crippen LogP contribution in [0, 0.1) is 5.82 Å². The standard InChI is InChI=1S/C18H12ClFN2O6/c19-12-6-10(1-2-13(12)20)21-14-7-15(23)22(16(14)24)11-4-8(17(25)26)3-9(5-11)18(27)28/h1-6,14,21H,7H2,(H,25,26)(H,27,28). The smallest absolute Gasteiger partial charge is 0.335 e. The van der Waals surface area contributed by atoms with Crippen molar-refractivity contribution in [2.45, 2.75) is 12.5 Å². The Bertz CT molecular complexity index is 993. The Kier molecular flexibility index (Phi) is 5.02. The van der Waals surface area contributed by atoms with Gasteiger partial charge in [-0.3, -0.25) is 9.59 Å². The van der Waals surface area contributed by atoms with Gasteiger partial charge in [-0.2, -0.15) is 0 Å². The summed E-state index contributed by atoms with van der Waals surface area (Å²) in [7, 11) is 0. The first kappa shape index (κ1) is 19.3. The molecule has 0 aliphatic carbocycles. The quantitative estimate of drug-likeness (QED) is 0.652. The van der Waals surface area contributed by atoms with E-state index in [-0.39, 0.29) is 28.3 Å². The minimum atomic E-state index is -1.40. The molecule has 2 aromatic rings. The lowest BCUT2D eigenvalue weighted by molar-refractivity contribution is -0.121. The van der Waals surface area contributed by atoms with E-state index in [2.05, 4.69) is 5.32 Å². The zero-order chi connectivity index (χ0) is 20.6. The maximum atomic E-state index is 13.3. The average molecular weight is 407 g/mol. The first-order valence-electron chi connectivity index (χ1n) is 7.87. The molecule has 0 radical (unpaired) electrons. The number of anilines is 2. The Hall–Kier alpha value is -3.46. The normalized spacial score (nSPS) is 16.4. The van der Waals surface area contributed by atoms with Crippen LogP contribution in [-0.2, 0) is 9.59 Å². The monoisotopic (exact) mass is 406 g/mol. The molecule has 1 unspecified atom stereocenters. The highest BCUT2D eigenvalue weighted by Crippen LogP contribution is 2.28. The van der Waals surface area contributed by atoms with E-state index in [0.29, 0.717) is 5.69 Å². The molecule has 0 saturated carbocycles. The molecule has 2 aromatic carbocycles. The van der Waals surface area contributed by atoms with Crippen molar-refractivity contribution in [1.82, 2.24) is 0 Å². The zero-order valence-electron chi connectivity index (χ0n) is 14.0. The summed E-state index contributed by atoms with van der Waals surface area (Å²) in [6.45, 7) is 0. The van der Waals surface area contributed by atoms with E-state index in [1.807, 2.05) is 0 Å². The number of nitrogens with one attached hydrogen (secondary N) is 1. The third-order valence-electron chi connectivity index (χ3n) is 4.08. The molecule has 3 rings (SSSR count). The fourth-order valence-electron chi connectivity index (χ4n) is 2.79. The number of amides is 2. The first-order chi connectivity index (χ1) is 13.2. The van der Waals surface area contributed by atoms with Crippen LogP contribution in [0.15, 0.2) is 36.4 Å². The van der Waals surface area contributed by atoms with Crippen LogP contribution in [0.3, 0.4) is 0 Å². The van der Waals surface area contributed by atoms with Crippen LogP contribution in [0.2, 0.25) is 5.02 Å². The highest BCUT2D eigenvalue weighted by molar-refractivity contribution is 6.31. The van der Waals surface area contributed by atoms with Crippen molar-refractivity contribution in [2.75, 3.05) is 10.2 Å². The molecule has 0 bridgehead atoms. The number of halogens is 2. The van der Waals surface area contributed by atoms with Gasteiger partial charge in [0.2, 0.25) is 5.91 Å². The van der Waals surface area contributed by atoms with Gasteiger partial charge in [0, 0.05) is 5.69 Å². The number of nitrogens with zero attached hydrogens (tertiary/aromatic N) is 1. The van der Waals surface area contributed by atoms with Crippen molar-refractivity contribution in [3.63, 3.8) is 0 Å². The van der Waals surface area contributed by atoms with Crippen molar-refractivity contribution in [3.05, 3.63) is 58.4 Å². The summed E-state index contributed by atoms with van der Waals surface area (Å²) in [6, 6.07) is 5.70. The Morgan fingerprint density at radius 2 is 1.68 bits per heavy atom. The zero-order valence-corrected chi connectivity index (χ0v) is 14.7. The Labute approximate surface area is 162 Å². The molecule has 28 heavy (non-hydrogen) atoms. The molecule has 1 aliphatic heterocycles. The molecular formula is C18H12ClFN2O6. The van der Waals surface area contributed by atoms with Crippen LogP contribution in [-0.4, -0.2) is 40.0 Å². The highest BCUT2D eigenvalue weighted by atomic mass is 35.5. The summed E-state index contributed by atoms with van der Waals surface area (Å²) < 4.78 is 13.3. The molecule has 8 nitrogen and oxygen atoms in total. The lowest BCUT2D eigenvalue weighted by Gasteiger charge is -2.17. The van der Waals surface area contributed by atoms with Gasteiger partial charge in [-0.1, -0.05) is 11.6 Å². The number of rotatable bonds is 5. The van der Waals surface area contributed by atoms with Crippen LogP contribution in [0.1, 0.15) is 27.1 Å². The van der Waals surface area contributed by atoms with Crippen molar-refractivity contribution >= 4 is 46.7 Å². The van der Waals surface area contributed by atoms with Crippen molar-refractivity contribution < 1.29 is 33.8 Å². The third-order valence-corrected chi connectivity index (χ3v) is 4.37. The molecule has 3 N–H and O–H groups in total. The largest absolute Gasteiger partial charge is 0.478 e. The van der Waals surface area contributed by atoms with Crippen LogP contribution in [0.4, 0.5) is 15.8 Å². The summed E-state index contributed by atoms with van der Waals surface area (Å²) in [5.74, 6) is -4.80. The summed E-state index contributed by atoms with van der Waals surface area (Å²) in [5, 5.41) is 20.9. The third kappa shape index (κ3) is 3.65. The number of carbonyl (C=O) groups excluding carboxylic acids is 2. The van der Waals surface area contributed by atoms with Crippen molar-refractivity contribution in [3.8, 4) is 0 Å². The van der Waals surface area contributed by atoms with Gasteiger partial charge >= 0.3 is 11.9 Å². The van der Waals surface area contributed by atoms with Crippen LogP contribution < -0.4 is 10.2 Å². The number of carbonyl (C=O) groups is 4. The minimum Gasteiger partial charge on any atom is -0.478 e. The van der Waals surface area contributed by atoms with Crippen LogP contribution in [0.5, 0.6) is 0 Å². The topological polar surface area (TPSA) is 124 Å². The fourth-order valence-corrected chi connectivity index (χ4v) is 2.97. The number of carboxylic acid groups (broad SMARTS) is 2. The molecule has 0 spiro atoms. The van der Waals surface area contributed by atoms with Gasteiger partial charge in [-0.25, -0.2) is 18.9 Å². The summed E-state index contributed by atoms with van der Waals surface area (Å²) in [4.78, 5) is 48.2. The van der Waals surface area contributed by atoms with Gasteiger partial charge in [0.15, 0.2) is 0 Å². The van der Waals surface area contributed by atoms with E-state index in [9.17, 15) is 23.6 Å². The summed E-state index contributed by atoms with van der Waals surface area (Å²) in [6.07, 6.45) is -0.256. The van der Waals surface area contributed by atoms with Crippen molar-refractivity contribution in [1.29, 1.82) is 0 Å². The molecule has 1 saturated heterocycles. The van der Waals surface area contributed by atoms with Gasteiger partial charge in [-0.05, 0) is 36.4 Å². The molecule has 2 amide bonds. The number of aromatic carboxylic acids is 2. The van der Waals surface area contributed by atoms with E-state index in [1.54, 1.807) is 0 Å². The predicted molar refractivity (Wildman–Crippen MR) is 96.3 cm³/mol. The number of imide groups is 1. The SMILES string of the molecule is O=C(O)c1cc(C(=O)O)cc(N2C(=O)CC(Nc3ccc(F)c(Cl)c3)C2=O)c1. The Morgan fingerprint density at radius 1 is 1.07 bits per heavy atom. The minimum absolute atomic E-state index is 0.159. The van der Waals surface area contributed by atoms with E-state index < -0.39 is 35.6 Å². The summed E-state index contributed by atoms with van der Waals surface area (Å²) in [5.41, 5.74) is -0.604. The van der Waals surface area contributed by atoms with E-state index >= 15 is 0 Å². The van der Waals surface area contributed by atoms with Gasteiger partial charge in [0.25, 0.3) is 5.91 Å². The molecule has 0 aromatic heterocycles. The second-order valence-corrected chi connectivity index (χ2v) is 6.38. The number of hydrogen-bond donors (Lipinski definition) is 3. The maximum absolute atomic E-state index is 13.3. The second kappa shape index (κ2) is 7.28. The molecule has 1 aliphatic rings. The summed E-state index contributed by atoms with van der Waals surface area (Å²) >= 11 is 5.69. The van der Waals surface area contributed by atoms with Crippen LogP contribution in [0.25, 0.3) is 0 Å².